The van der Waals surface area contributed by atoms with Gasteiger partial charge in [0.1, 0.15) is 0 Å². The van der Waals surface area contributed by atoms with Crippen LogP contribution in [0.15, 0.2) is 51.2 Å². The summed E-state index contributed by atoms with van der Waals surface area (Å²) >= 11 is 5.05. The number of hydrogen-bond donors (Lipinski definition) is 3. The number of aliphatic imine (C=N–C) groups is 1. The van der Waals surface area contributed by atoms with Crippen LogP contribution in [0.2, 0.25) is 0 Å². The minimum atomic E-state index is -0.0826. The van der Waals surface area contributed by atoms with Gasteiger partial charge in [0.2, 0.25) is 0 Å². The summed E-state index contributed by atoms with van der Waals surface area (Å²) in [5, 5.41) is 11.3. The van der Waals surface area contributed by atoms with Crippen LogP contribution in [0.1, 0.15) is 15.2 Å². The van der Waals surface area contributed by atoms with Gasteiger partial charge in [-0.3, -0.25) is 9.79 Å². The molecule has 0 spiro atoms. The number of nitrogens with zero attached hydrogens (tertiary/aromatic N) is 1. The number of benzene rings is 1. The van der Waals surface area contributed by atoms with Crippen molar-refractivity contribution >= 4 is 63.1 Å². The van der Waals surface area contributed by atoms with Gasteiger partial charge in [0.15, 0.2) is 5.96 Å². The first kappa shape index (κ1) is 20.9. The van der Waals surface area contributed by atoms with Crippen molar-refractivity contribution in [2.75, 3.05) is 20.1 Å². The van der Waals surface area contributed by atoms with E-state index in [1.54, 1.807) is 30.5 Å². The third kappa shape index (κ3) is 7.18. The Morgan fingerprint density at radius 1 is 1.12 bits per heavy atom. The highest BCUT2D eigenvalue weighted by Gasteiger charge is 2.04. The molecule has 1 amide bonds. The Hall–Kier alpha value is -1.13. The molecule has 0 fully saturated rings. The first-order chi connectivity index (χ1) is 11.2. The summed E-state index contributed by atoms with van der Waals surface area (Å²) in [6, 6.07) is 11.4. The molecule has 2 aromatic rings. The van der Waals surface area contributed by atoms with Crippen LogP contribution in [0.4, 0.5) is 0 Å². The molecule has 24 heavy (non-hydrogen) atoms. The molecule has 0 saturated heterocycles. The van der Waals surface area contributed by atoms with Gasteiger partial charge in [-0.2, -0.15) is 0 Å². The summed E-state index contributed by atoms with van der Waals surface area (Å²) < 4.78 is 0.955. The second kappa shape index (κ2) is 11.4. The first-order valence-corrected chi connectivity index (χ1v) is 8.87. The summed E-state index contributed by atoms with van der Waals surface area (Å²) in [4.78, 5) is 17.4. The molecule has 0 atom stereocenters. The van der Waals surface area contributed by atoms with Crippen molar-refractivity contribution in [3.63, 3.8) is 0 Å². The van der Waals surface area contributed by atoms with Crippen LogP contribution < -0.4 is 16.0 Å². The van der Waals surface area contributed by atoms with E-state index in [1.165, 1.54) is 4.88 Å². The standard InChI is InChI=1S/C16H19BrN4OS.HI/c1-18-16(21-11-14-3-2-10-23-14)20-9-8-19-15(22)12-4-6-13(17)7-5-12;/h2-7,10H,8-9,11H2,1H3,(H,19,22)(H2,18,20,21);1H. The van der Waals surface area contributed by atoms with Crippen LogP contribution in [0, 0.1) is 0 Å². The summed E-state index contributed by atoms with van der Waals surface area (Å²) in [5.74, 6) is 0.636. The second-order valence-electron chi connectivity index (χ2n) is 4.69. The van der Waals surface area contributed by atoms with Crippen LogP contribution in [0.3, 0.4) is 0 Å². The lowest BCUT2D eigenvalue weighted by atomic mass is 10.2. The molecule has 0 aliphatic heterocycles. The third-order valence-electron chi connectivity index (χ3n) is 3.04. The predicted octanol–water partition coefficient (Wildman–Crippen LogP) is 3.22. The summed E-state index contributed by atoms with van der Waals surface area (Å²) in [6.45, 7) is 1.86. The topological polar surface area (TPSA) is 65.5 Å². The SMILES string of the molecule is CN=C(NCCNC(=O)c1ccc(Br)cc1)NCc1cccs1.I. The minimum absolute atomic E-state index is 0. The molecule has 2 rings (SSSR count). The predicted molar refractivity (Wildman–Crippen MR) is 114 cm³/mol. The normalized spacial score (nSPS) is 10.7. The van der Waals surface area contributed by atoms with Gasteiger partial charge < -0.3 is 16.0 Å². The smallest absolute Gasteiger partial charge is 0.251 e. The zero-order chi connectivity index (χ0) is 16.5. The molecule has 0 aliphatic carbocycles. The highest BCUT2D eigenvalue weighted by atomic mass is 127. The Bertz CT molecular complexity index is 647. The van der Waals surface area contributed by atoms with Gasteiger partial charge in [0, 0.05) is 35.1 Å². The number of rotatable bonds is 6. The summed E-state index contributed by atoms with van der Waals surface area (Å²) in [7, 11) is 1.73. The number of guanidine groups is 1. The van der Waals surface area contributed by atoms with Crippen LogP contribution >= 0.6 is 51.2 Å². The van der Waals surface area contributed by atoms with E-state index in [9.17, 15) is 4.79 Å². The largest absolute Gasteiger partial charge is 0.355 e. The number of amides is 1. The molecule has 0 saturated carbocycles. The molecule has 1 heterocycles. The Morgan fingerprint density at radius 3 is 2.46 bits per heavy atom. The fourth-order valence-corrected chi connectivity index (χ4v) is 2.77. The van der Waals surface area contributed by atoms with Crippen molar-refractivity contribution in [2.45, 2.75) is 6.54 Å². The summed E-state index contributed by atoms with van der Waals surface area (Å²) in [6.07, 6.45) is 0. The molecular formula is C16H20BrIN4OS. The van der Waals surface area contributed by atoms with E-state index in [2.05, 4.69) is 42.9 Å². The van der Waals surface area contributed by atoms with E-state index in [0.29, 0.717) is 18.7 Å². The van der Waals surface area contributed by atoms with Crippen LogP contribution in [0.25, 0.3) is 0 Å². The van der Waals surface area contributed by atoms with Crippen molar-refractivity contribution in [2.24, 2.45) is 4.99 Å². The highest BCUT2D eigenvalue weighted by Crippen LogP contribution is 2.10. The van der Waals surface area contributed by atoms with Crippen molar-refractivity contribution in [1.29, 1.82) is 0 Å². The molecule has 1 aromatic heterocycles. The summed E-state index contributed by atoms with van der Waals surface area (Å²) in [5.41, 5.74) is 0.647. The van der Waals surface area contributed by atoms with E-state index in [1.807, 2.05) is 23.6 Å². The maximum atomic E-state index is 12.0. The van der Waals surface area contributed by atoms with Crippen molar-refractivity contribution in [3.8, 4) is 0 Å². The Labute approximate surface area is 171 Å². The van der Waals surface area contributed by atoms with Gasteiger partial charge >= 0.3 is 0 Å². The van der Waals surface area contributed by atoms with Gasteiger partial charge in [0.25, 0.3) is 5.91 Å². The third-order valence-corrected chi connectivity index (χ3v) is 4.45. The number of halogens is 2. The fourth-order valence-electron chi connectivity index (χ4n) is 1.86. The maximum Gasteiger partial charge on any atom is 0.251 e. The van der Waals surface area contributed by atoms with Crippen LogP contribution in [0.5, 0.6) is 0 Å². The average Bonchev–Trinajstić information content (AvgIpc) is 3.08. The van der Waals surface area contributed by atoms with E-state index >= 15 is 0 Å². The fraction of sp³-hybridized carbons (Fsp3) is 0.250. The van der Waals surface area contributed by atoms with Gasteiger partial charge in [0.05, 0.1) is 6.54 Å². The number of hydrogen-bond acceptors (Lipinski definition) is 3. The van der Waals surface area contributed by atoms with E-state index in [-0.39, 0.29) is 29.9 Å². The van der Waals surface area contributed by atoms with Gasteiger partial charge in [-0.15, -0.1) is 35.3 Å². The lowest BCUT2D eigenvalue weighted by molar-refractivity contribution is 0.0954. The minimum Gasteiger partial charge on any atom is -0.355 e. The number of thiophene rings is 1. The van der Waals surface area contributed by atoms with Gasteiger partial charge in [-0.25, -0.2) is 0 Å². The number of nitrogens with one attached hydrogen (secondary N) is 3. The van der Waals surface area contributed by atoms with Crippen LogP contribution in [-0.2, 0) is 6.54 Å². The molecule has 0 radical (unpaired) electrons. The highest BCUT2D eigenvalue weighted by molar-refractivity contribution is 14.0. The van der Waals surface area contributed by atoms with E-state index in [0.717, 1.165) is 17.0 Å². The molecule has 0 unspecified atom stereocenters. The lowest BCUT2D eigenvalue weighted by Gasteiger charge is -2.11. The van der Waals surface area contributed by atoms with Gasteiger partial charge in [-0.05, 0) is 35.7 Å². The molecule has 3 N–H and O–H groups in total. The zero-order valence-electron chi connectivity index (χ0n) is 13.2. The number of carbonyl (C=O) groups excluding carboxylic acids is 1. The number of carbonyl (C=O) groups is 1. The maximum absolute atomic E-state index is 12.0. The Morgan fingerprint density at radius 2 is 1.83 bits per heavy atom. The van der Waals surface area contributed by atoms with E-state index < -0.39 is 0 Å². The lowest BCUT2D eigenvalue weighted by Crippen LogP contribution is -2.41. The molecule has 5 nitrogen and oxygen atoms in total. The zero-order valence-corrected chi connectivity index (χ0v) is 17.9. The molecule has 0 aliphatic rings. The second-order valence-corrected chi connectivity index (χ2v) is 6.64. The van der Waals surface area contributed by atoms with E-state index in [4.69, 9.17) is 0 Å². The molecule has 8 heteroatoms. The average molecular weight is 523 g/mol. The molecular weight excluding hydrogens is 503 g/mol. The molecule has 1 aromatic carbocycles. The Balaban J connectivity index is 0.00000288. The van der Waals surface area contributed by atoms with Crippen molar-refractivity contribution in [1.82, 2.24) is 16.0 Å². The monoisotopic (exact) mass is 522 g/mol. The quantitative estimate of drug-likeness (QED) is 0.236. The molecule has 130 valence electrons. The first-order valence-electron chi connectivity index (χ1n) is 7.19. The van der Waals surface area contributed by atoms with Crippen LogP contribution in [-0.4, -0.2) is 32.0 Å². The van der Waals surface area contributed by atoms with Crippen molar-refractivity contribution < 1.29 is 4.79 Å². The van der Waals surface area contributed by atoms with Gasteiger partial charge in [-0.1, -0.05) is 22.0 Å². The molecule has 0 bridgehead atoms. The Kier molecular flexibility index (Phi) is 9.96. The van der Waals surface area contributed by atoms with Crippen molar-refractivity contribution in [3.05, 3.63) is 56.7 Å².